The van der Waals surface area contributed by atoms with Gasteiger partial charge in [0, 0.05) is 23.3 Å². The topological polar surface area (TPSA) is 34.1 Å². The van der Waals surface area contributed by atoms with Gasteiger partial charge in [0.15, 0.2) is 0 Å². The third kappa shape index (κ3) is 4.64. The molecule has 2 rings (SSSR count). The third-order valence-electron chi connectivity index (χ3n) is 3.18. The maximum absolute atomic E-state index is 6.10. The van der Waals surface area contributed by atoms with Crippen LogP contribution in [0.25, 0.3) is 0 Å². The molecule has 1 N–H and O–H groups in total. The van der Waals surface area contributed by atoms with Gasteiger partial charge in [-0.05, 0) is 42.7 Å². The van der Waals surface area contributed by atoms with Gasteiger partial charge < -0.3 is 10.1 Å². The van der Waals surface area contributed by atoms with Gasteiger partial charge in [0.25, 0.3) is 0 Å². The Hall–Kier alpha value is -1.74. The fourth-order valence-corrected chi connectivity index (χ4v) is 2.20. The van der Waals surface area contributed by atoms with Crippen LogP contribution in [0.5, 0.6) is 5.75 Å². The van der Waals surface area contributed by atoms with Gasteiger partial charge in [0.05, 0.1) is 0 Å². The molecular formula is C17H21ClN2O. The summed E-state index contributed by atoms with van der Waals surface area (Å²) >= 11 is 6.10. The predicted molar refractivity (Wildman–Crippen MR) is 88.2 cm³/mol. The Morgan fingerprint density at radius 1 is 1.19 bits per heavy atom. The van der Waals surface area contributed by atoms with E-state index in [9.17, 15) is 0 Å². The van der Waals surface area contributed by atoms with Gasteiger partial charge in [0.2, 0.25) is 0 Å². The highest BCUT2D eigenvalue weighted by molar-refractivity contribution is 6.31. The number of benzene rings is 1. The summed E-state index contributed by atoms with van der Waals surface area (Å²) in [5.74, 6) is 1.74. The van der Waals surface area contributed by atoms with E-state index < -0.39 is 0 Å². The first-order valence-electron chi connectivity index (χ1n) is 7.33. The highest BCUT2D eigenvalue weighted by atomic mass is 35.5. The first kappa shape index (κ1) is 15.6. The average molecular weight is 305 g/mol. The number of halogens is 1. The Morgan fingerprint density at radius 3 is 2.71 bits per heavy atom. The fraction of sp³-hybridized carbons (Fsp3) is 0.353. The Kier molecular flexibility index (Phi) is 5.88. The minimum absolute atomic E-state index is 0.506. The molecule has 21 heavy (non-hydrogen) atoms. The lowest BCUT2D eigenvalue weighted by molar-refractivity contribution is 0.305. The molecule has 0 spiro atoms. The second kappa shape index (κ2) is 7.89. The van der Waals surface area contributed by atoms with E-state index >= 15 is 0 Å². The van der Waals surface area contributed by atoms with Crippen molar-refractivity contribution in [3.8, 4) is 5.75 Å². The van der Waals surface area contributed by atoms with E-state index in [1.165, 1.54) is 0 Å². The van der Waals surface area contributed by atoms with Crippen molar-refractivity contribution in [2.45, 2.75) is 33.3 Å². The molecule has 0 bridgehead atoms. The van der Waals surface area contributed by atoms with Crippen LogP contribution in [0.3, 0.4) is 0 Å². The molecule has 0 saturated carbocycles. The van der Waals surface area contributed by atoms with Crippen molar-refractivity contribution in [2.24, 2.45) is 0 Å². The Balaban J connectivity index is 1.93. The van der Waals surface area contributed by atoms with E-state index in [0.717, 1.165) is 47.1 Å². The molecule has 1 aromatic heterocycles. The standard InChI is InChI=1S/C17H21ClN2O/c1-3-9-19-17-8-5-13(11-20-17)12-21-15-6-7-16(18)14(4-2)10-15/h5-8,10-11H,3-4,9,12H2,1-2H3,(H,19,20). The highest BCUT2D eigenvalue weighted by Crippen LogP contribution is 2.23. The van der Waals surface area contributed by atoms with Crippen LogP contribution in [0.2, 0.25) is 5.02 Å². The van der Waals surface area contributed by atoms with E-state index in [4.69, 9.17) is 16.3 Å². The van der Waals surface area contributed by atoms with Crippen LogP contribution in [0.1, 0.15) is 31.4 Å². The number of nitrogens with zero attached hydrogens (tertiary/aromatic N) is 1. The van der Waals surface area contributed by atoms with E-state index in [1.807, 2.05) is 36.5 Å². The molecule has 2 aromatic rings. The summed E-state index contributed by atoms with van der Waals surface area (Å²) in [5, 5.41) is 4.04. The number of aryl methyl sites for hydroxylation is 1. The Morgan fingerprint density at radius 2 is 2.05 bits per heavy atom. The molecule has 0 saturated heterocycles. The molecule has 4 heteroatoms. The molecule has 0 fully saturated rings. The van der Waals surface area contributed by atoms with Gasteiger partial charge in [0.1, 0.15) is 18.2 Å². The van der Waals surface area contributed by atoms with E-state index in [-0.39, 0.29) is 0 Å². The number of rotatable bonds is 7. The first-order chi connectivity index (χ1) is 10.2. The second-order valence-corrected chi connectivity index (χ2v) is 5.28. The van der Waals surface area contributed by atoms with Crippen molar-refractivity contribution < 1.29 is 4.74 Å². The third-order valence-corrected chi connectivity index (χ3v) is 3.55. The summed E-state index contributed by atoms with van der Waals surface area (Å²) in [6, 6.07) is 9.78. The van der Waals surface area contributed by atoms with Gasteiger partial charge in [-0.1, -0.05) is 31.5 Å². The van der Waals surface area contributed by atoms with Crippen molar-refractivity contribution >= 4 is 17.4 Å². The van der Waals surface area contributed by atoms with Crippen molar-refractivity contribution in [1.29, 1.82) is 0 Å². The van der Waals surface area contributed by atoms with Crippen LogP contribution in [0.15, 0.2) is 36.5 Å². The number of hydrogen-bond acceptors (Lipinski definition) is 3. The summed E-state index contributed by atoms with van der Waals surface area (Å²) in [5.41, 5.74) is 2.15. The van der Waals surface area contributed by atoms with E-state index in [0.29, 0.717) is 6.61 Å². The normalized spacial score (nSPS) is 10.4. The number of nitrogens with one attached hydrogen (secondary N) is 1. The molecule has 0 aliphatic heterocycles. The van der Waals surface area contributed by atoms with Crippen LogP contribution in [0, 0.1) is 0 Å². The van der Waals surface area contributed by atoms with Gasteiger partial charge in [-0.3, -0.25) is 0 Å². The Bertz CT molecular complexity index is 570. The van der Waals surface area contributed by atoms with Crippen molar-refractivity contribution in [2.75, 3.05) is 11.9 Å². The monoisotopic (exact) mass is 304 g/mol. The van der Waals surface area contributed by atoms with Crippen molar-refractivity contribution in [3.05, 3.63) is 52.7 Å². The summed E-state index contributed by atoms with van der Waals surface area (Å²) in [4.78, 5) is 4.36. The molecule has 3 nitrogen and oxygen atoms in total. The van der Waals surface area contributed by atoms with E-state index in [1.54, 1.807) is 0 Å². The van der Waals surface area contributed by atoms with E-state index in [2.05, 4.69) is 24.1 Å². The number of pyridine rings is 1. The zero-order valence-corrected chi connectivity index (χ0v) is 13.3. The Labute approximate surface area is 131 Å². The smallest absolute Gasteiger partial charge is 0.125 e. The van der Waals surface area contributed by atoms with Gasteiger partial charge in [-0.25, -0.2) is 4.98 Å². The van der Waals surface area contributed by atoms with Gasteiger partial charge in [-0.2, -0.15) is 0 Å². The summed E-state index contributed by atoms with van der Waals surface area (Å²) < 4.78 is 5.79. The van der Waals surface area contributed by atoms with Crippen molar-refractivity contribution in [3.63, 3.8) is 0 Å². The van der Waals surface area contributed by atoms with Gasteiger partial charge in [-0.15, -0.1) is 0 Å². The zero-order valence-electron chi connectivity index (χ0n) is 12.5. The highest BCUT2D eigenvalue weighted by Gasteiger charge is 2.02. The quantitative estimate of drug-likeness (QED) is 0.805. The average Bonchev–Trinajstić information content (AvgIpc) is 2.53. The van der Waals surface area contributed by atoms with Crippen LogP contribution in [0.4, 0.5) is 5.82 Å². The summed E-state index contributed by atoms with van der Waals surface area (Å²) in [6.45, 7) is 5.65. The van der Waals surface area contributed by atoms with Crippen LogP contribution in [-0.2, 0) is 13.0 Å². The van der Waals surface area contributed by atoms with Crippen LogP contribution >= 0.6 is 11.6 Å². The lowest BCUT2D eigenvalue weighted by Gasteiger charge is -2.09. The number of anilines is 1. The lowest BCUT2D eigenvalue weighted by Crippen LogP contribution is -2.02. The molecule has 0 atom stereocenters. The lowest BCUT2D eigenvalue weighted by atomic mass is 10.1. The van der Waals surface area contributed by atoms with Crippen molar-refractivity contribution in [1.82, 2.24) is 4.98 Å². The molecule has 0 aliphatic rings. The molecule has 112 valence electrons. The molecular weight excluding hydrogens is 284 g/mol. The molecule has 1 heterocycles. The summed E-state index contributed by atoms with van der Waals surface area (Å²) in [7, 11) is 0. The zero-order chi connectivity index (χ0) is 15.1. The molecule has 0 radical (unpaired) electrons. The number of aromatic nitrogens is 1. The molecule has 0 amide bonds. The fourth-order valence-electron chi connectivity index (χ4n) is 1.95. The summed E-state index contributed by atoms with van der Waals surface area (Å²) in [6.07, 6.45) is 3.83. The minimum Gasteiger partial charge on any atom is -0.489 e. The largest absolute Gasteiger partial charge is 0.489 e. The number of ether oxygens (including phenoxy) is 1. The maximum Gasteiger partial charge on any atom is 0.125 e. The molecule has 0 unspecified atom stereocenters. The van der Waals surface area contributed by atoms with Crippen LogP contribution in [-0.4, -0.2) is 11.5 Å². The first-order valence-corrected chi connectivity index (χ1v) is 7.70. The second-order valence-electron chi connectivity index (χ2n) is 4.87. The van der Waals surface area contributed by atoms with Gasteiger partial charge >= 0.3 is 0 Å². The SMILES string of the molecule is CCCNc1ccc(COc2ccc(Cl)c(CC)c2)cn1. The maximum atomic E-state index is 6.10. The van der Waals surface area contributed by atoms with Crippen LogP contribution < -0.4 is 10.1 Å². The minimum atomic E-state index is 0.506. The predicted octanol–water partition coefficient (Wildman–Crippen LogP) is 4.70. The molecule has 1 aromatic carbocycles. The number of hydrogen-bond donors (Lipinski definition) is 1. The molecule has 0 aliphatic carbocycles.